The van der Waals surface area contributed by atoms with Crippen molar-refractivity contribution in [3.8, 4) is 23.0 Å². The first-order valence-corrected chi connectivity index (χ1v) is 10.4. The summed E-state index contributed by atoms with van der Waals surface area (Å²) in [5.74, 6) is 6.06. The van der Waals surface area contributed by atoms with Crippen LogP contribution in [0.5, 0.6) is 0 Å². The maximum absolute atomic E-state index is 12.7. The smallest absolute Gasteiger partial charge is 0.166 e. The number of alkyl halides is 3. The molecule has 30 heavy (non-hydrogen) atoms. The van der Waals surface area contributed by atoms with Crippen LogP contribution in [0.2, 0.25) is 0 Å². The summed E-state index contributed by atoms with van der Waals surface area (Å²) in [5, 5.41) is 0. The Hall–Kier alpha value is -2.99. The number of unbranched alkanes of at least 4 members (excludes halogenated alkanes) is 2. The Morgan fingerprint density at radius 3 is 2.10 bits per heavy atom. The Morgan fingerprint density at radius 1 is 0.767 bits per heavy atom. The average Bonchev–Trinajstić information content (AvgIpc) is 3.09. The van der Waals surface area contributed by atoms with Crippen molar-refractivity contribution in [1.82, 2.24) is 0 Å². The number of rotatable bonds is 4. The van der Waals surface area contributed by atoms with Crippen LogP contribution in [0.25, 0.3) is 11.1 Å². The van der Waals surface area contributed by atoms with Crippen LogP contribution in [-0.4, -0.2) is 0 Å². The van der Waals surface area contributed by atoms with E-state index in [1.54, 1.807) is 0 Å². The van der Waals surface area contributed by atoms with Crippen LogP contribution in [0, 0.1) is 11.8 Å². The molecule has 0 spiro atoms. The average molecular weight is 404 g/mol. The first-order chi connectivity index (χ1) is 14.4. The van der Waals surface area contributed by atoms with Gasteiger partial charge in [-0.15, -0.1) is 0 Å². The molecule has 0 nitrogen and oxygen atoms in total. The van der Waals surface area contributed by atoms with E-state index in [1.165, 1.54) is 59.2 Å². The molecule has 0 atom stereocenters. The van der Waals surface area contributed by atoms with Crippen molar-refractivity contribution >= 4 is 0 Å². The van der Waals surface area contributed by atoms with Crippen LogP contribution < -0.4 is 0 Å². The highest BCUT2D eigenvalue weighted by Crippen LogP contribution is 2.37. The maximum atomic E-state index is 12.7. The largest absolute Gasteiger partial charge is 0.416 e. The van der Waals surface area contributed by atoms with Gasteiger partial charge in [0, 0.05) is 11.1 Å². The molecule has 0 unspecified atom stereocenters. The number of hydrogen-bond acceptors (Lipinski definition) is 0. The van der Waals surface area contributed by atoms with E-state index in [9.17, 15) is 13.2 Å². The minimum absolute atomic E-state index is 0.573. The van der Waals surface area contributed by atoms with Gasteiger partial charge in [0.25, 0.3) is 0 Å². The van der Waals surface area contributed by atoms with Crippen LogP contribution >= 0.6 is 0 Å². The summed E-state index contributed by atoms with van der Waals surface area (Å²) in [6.07, 6.45) is 1.43. The van der Waals surface area contributed by atoms with Crippen molar-refractivity contribution < 1.29 is 13.2 Å². The molecule has 0 aliphatic heterocycles. The van der Waals surface area contributed by atoms with Gasteiger partial charge in [-0.3, -0.25) is 0 Å². The van der Waals surface area contributed by atoms with Gasteiger partial charge >= 0.3 is 6.18 Å². The first-order valence-electron chi connectivity index (χ1n) is 10.4. The van der Waals surface area contributed by atoms with Gasteiger partial charge in [-0.05, 0) is 83.5 Å². The Labute approximate surface area is 175 Å². The van der Waals surface area contributed by atoms with Gasteiger partial charge in [-0.1, -0.05) is 55.9 Å². The molecule has 3 aromatic rings. The van der Waals surface area contributed by atoms with Crippen molar-refractivity contribution in [3.05, 3.63) is 94.0 Å². The lowest BCUT2D eigenvalue weighted by molar-refractivity contribution is -0.137. The molecule has 3 heteroatoms. The monoisotopic (exact) mass is 404 g/mol. The standard InChI is InChI=1S/C27H23F3/c1-2-3-4-5-20-10-14-25-22(16-20)18-23-17-21(11-15-26(23)25)7-6-19-8-12-24(13-9-19)27(28,29)30/h8-17H,2-5,18H2,1H3. The van der Waals surface area contributed by atoms with Crippen LogP contribution in [0.15, 0.2) is 60.7 Å². The second-order valence-electron chi connectivity index (χ2n) is 7.82. The van der Waals surface area contributed by atoms with E-state index < -0.39 is 11.7 Å². The third-order valence-corrected chi connectivity index (χ3v) is 5.58. The molecule has 0 saturated heterocycles. The van der Waals surface area contributed by atoms with E-state index in [-0.39, 0.29) is 0 Å². The molecule has 0 bridgehead atoms. The Kier molecular flexibility index (Phi) is 5.68. The van der Waals surface area contributed by atoms with E-state index in [1.807, 2.05) is 6.07 Å². The van der Waals surface area contributed by atoms with E-state index >= 15 is 0 Å². The van der Waals surface area contributed by atoms with E-state index in [2.05, 4.69) is 49.1 Å². The first kappa shape index (κ1) is 20.3. The predicted molar refractivity (Wildman–Crippen MR) is 115 cm³/mol. The highest BCUT2D eigenvalue weighted by atomic mass is 19.4. The van der Waals surface area contributed by atoms with Gasteiger partial charge < -0.3 is 0 Å². The molecule has 152 valence electrons. The molecule has 0 N–H and O–H groups in total. The molecule has 1 aliphatic carbocycles. The zero-order valence-corrected chi connectivity index (χ0v) is 16.9. The Morgan fingerprint density at radius 2 is 1.40 bits per heavy atom. The van der Waals surface area contributed by atoms with Crippen molar-refractivity contribution in [2.75, 3.05) is 0 Å². The fourth-order valence-electron chi connectivity index (χ4n) is 3.96. The molecule has 0 aromatic heterocycles. The number of aryl methyl sites for hydroxylation is 1. The lowest BCUT2D eigenvalue weighted by Gasteiger charge is -2.05. The van der Waals surface area contributed by atoms with E-state index in [4.69, 9.17) is 0 Å². The summed E-state index contributed by atoms with van der Waals surface area (Å²) in [6.45, 7) is 2.22. The highest BCUT2D eigenvalue weighted by Gasteiger charge is 2.29. The molecule has 0 saturated carbocycles. The second kappa shape index (κ2) is 8.40. The van der Waals surface area contributed by atoms with Crippen molar-refractivity contribution in [1.29, 1.82) is 0 Å². The van der Waals surface area contributed by atoms with Gasteiger partial charge in [0.2, 0.25) is 0 Å². The zero-order valence-electron chi connectivity index (χ0n) is 16.9. The van der Waals surface area contributed by atoms with Gasteiger partial charge in [-0.2, -0.15) is 13.2 Å². The highest BCUT2D eigenvalue weighted by molar-refractivity contribution is 5.77. The van der Waals surface area contributed by atoms with Crippen molar-refractivity contribution in [3.63, 3.8) is 0 Å². The lowest BCUT2D eigenvalue weighted by Crippen LogP contribution is -2.04. The van der Waals surface area contributed by atoms with Crippen LogP contribution in [0.3, 0.4) is 0 Å². The van der Waals surface area contributed by atoms with E-state index in [0.717, 1.165) is 30.5 Å². The topological polar surface area (TPSA) is 0 Å². The molecule has 3 aromatic carbocycles. The summed E-state index contributed by atoms with van der Waals surface area (Å²) < 4.78 is 38.0. The summed E-state index contributed by atoms with van der Waals surface area (Å²) in [5.41, 5.74) is 7.38. The number of hydrogen-bond donors (Lipinski definition) is 0. The minimum Gasteiger partial charge on any atom is -0.166 e. The molecule has 4 rings (SSSR count). The molecule has 0 heterocycles. The van der Waals surface area contributed by atoms with Gasteiger partial charge in [0.15, 0.2) is 0 Å². The quantitative estimate of drug-likeness (QED) is 0.245. The zero-order chi connectivity index (χ0) is 21.1. The fourth-order valence-corrected chi connectivity index (χ4v) is 3.96. The van der Waals surface area contributed by atoms with Gasteiger partial charge in [0.05, 0.1) is 5.56 Å². The summed E-state index contributed by atoms with van der Waals surface area (Å²) >= 11 is 0. The van der Waals surface area contributed by atoms with Gasteiger partial charge in [-0.25, -0.2) is 0 Å². The summed E-state index contributed by atoms with van der Waals surface area (Å²) in [6, 6.07) is 18.0. The molecule has 0 amide bonds. The molecule has 0 fully saturated rings. The third kappa shape index (κ3) is 4.44. The number of benzene rings is 3. The Balaban J connectivity index is 1.51. The summed E-state index contributed by atoms with van der Waals surface area (Å²) in [7, 11) is 0. The predicted octanol–water partition coefficient (Wildman–Crippen LogP) is 7.41. The van der Waals surface area contributed by atoms with Gasteiger partial charge in [0.1, 0.15) is 0 Å². The lowest BCUT2D eigenvalue weighted by atomic mass is 10.00. The molecule has 1 aliphatic rings. The Bertz CT molecular complexity index is 1110. The van der Waals surface area contributed by atoms with Crippen LogP contribution in [-0.2, 0) is 19.0 Å². The number of halogens is 3. The van der Waals surface area contributed by atoms with Crippen molar-refractivity contribution in [2.45, 2.75) is 45.2 Å². The van der Waals surface area contributed by atoms with Crippen LogP contribution in [0.1, 0.15) is 59.6 Å². The maximum Gasteiger partial charge on any atom is 0.416 e. The molecular weight excluding hydrogens is 381 g/mol. The van der Waals surface area contributed by atoms with E-state index in [0.29, 0.717) is 5.56 Å². The normalized spacial score (nSPS) is 12.1. The van der Waals surface area contributed by atoms with Crippen LogP contribution in [0.4, 0.5) is 13.2 Å². The summed E-state index contributed by atoms with van der Waals surface area (Å²) in [4.78, 5) is 0. The number of fused-ring (bicyclic) bond motifs is 3. The third-order valence-electron chi connectivity index (χ3n) is 5.58. The fraction of sp³-hybridized carbons (Fsp3) is 0.259. The molecule has 0 radical (unpaired) electrons. The molecular formula is C27H23F3. The second-order valence-corrected chi connectivity index (χ2v) is 7.82. The van der Waals surface area contributed by atoms with Crippen molar-refractivity contribution in [2.24, 2.45) is 0 Å². The SMILES string of the molecule is CCCCCc1ccc2c(c1)Cc1cc(C#Cc3ccc(C(F)(F)F)cc3)ccc1-2. The minimum atomic E-state index is -4.32.